The van der Waals surface area contributed by atoms with Gasteiger partial charge in [-0.1, -0.05) is 12.1 Å². The molecule has 0 aliphatic carbocycles. The van der Waals surface area contributed by atoms with Crippen LogP contribution in [-0.2, 0) is 9.53 Å². The van der Waals surface area contributed by atoms with Crippen molar-refractivity contribution in [1.82, 2.24) is 4.90 Å². The second-order valence-electron chi connectivity index (χ2n) is 6.22. The van der Waals surface area contributed by atoms with Crippen LogP contribution in [0.25, 0.3) is 10.8 Å². The molecule has 1 aliphatic heterocycles. The highest BCUT2D eigenvalue weighted by Crippen LogP contribution is 2.25. The summed E-state index contributed by atoms with van der Waals surface area (Å²) in [5.74, 6) is 1.47. The molecule has 5 nitrogen and oxygen atoms in total. The molecule has 128 valence electrons. The van der Waals surface area contributed by atoms with Crippen molar-refractivity contribution in [1.29, 1.82) is 0 Å². The minimum Gasteiger partial charge on any atom is -0.497 e. The number of carbonyl (C=O) groups is 1. The number of rotatable bonds is 4. The lowest BCUT2D eigenvalue weighted by atomic mass is 10.1. The van der Waals surface area contributed by atoms with Crippen molar-refractivity contribution >= 4 is 16.7 Å². The molecule has 2 aromatic carbocycles. The molecular weight excluding hydrogens is 306 g/mol. The summed E-state index contributed by atoms with van der Waals surface area (Å²) in [6.07, 6.45) is 0.122. The molecule has 24 heavy (non-hydrogen) atoms. The van der Waals surface area contributed by atoms with E-state index in [0.717, 1.165) is 16.5 Å². The molecule has 0 spiro atoms. The summed E-state index contributed by atoms with van der Waals surface area (Å²) in [4.78, 5) is 14.2. The zero-order valence-corrected chi connectivity index (χ0v) is 14.3. The Morgan fingerprint density at radius 3 is 2.38 bits per heavy atom. The van der Waals surface area contributed by atoms with E-state index in [-0.39, 0.29) is 24.7 Å². The van der Waals surface area contributed by atoms with E-state index in [9.17, 15) is 4.79 Å². The van der Waals surface area contributed by atoms with Crippen molar-refractivity contribution in [2.24, 2.45) is 0 Å². The third-order valence-electron chi connectivity index (χ3n) is 4.15. The predicted molar refractivity (Wildman–Crippen MR) is 92.6 cm³/mol. The number of carbonyl (C=O) groups excluding carboxylic acids is 1. The third kappa shape index (κ3) is 3.79. The Morgan fingerprint density at radius 1 is 1.08 bits per heavy atom. The van der Waals surface area contributed by atoms with E-state index in [4.69, 9.17) is 14.2 Å². The molecule has 2 atom stereocenters. The van der Waals surface area contributed by atoms with Crippen LogP contribution in [0.5, 0.6) is 11.5 Å². The van der Waals surface area contributed by atoms with Crippen LogP contribution in [0.4, 0.5) is 0 Å². The van der Waals surface area contributed by atoms with Crippen LogP contribution < -0.4 is 9.47 Å². The molecule has 1 amide bonds. The number of hydrogen-bond acceptors (Lipinski definition) is 4. The largest absolute Gasteiger partial charge is 0.497 e. The van der Waals surface area contributed by atoms with Gasteiger partial charge in [0.05, 0.1) is 19.3 Å². The fourth-order valence-electron chi connectivity index (χ4n) is 3.04. The number of nitrogens with zero attached hydrogens (tertiary/aromatic N) is 1. The number of morpholine rings is 1. The van der Waals surface area contributed by atoms with Crippen molar-refractivity contribution in [3.8, 4) is 11.5 Å². The van der Waals surface area contributed by atoms with E-state index in [0.29, 0.717) is 18.8 Å². The van der Waals surface area contributed by atoms with Gasteiger partial charge in [-0.2, -0.15) is 0 Å². The van der Waals surface area contributed by atoms with Gasteiger partial charge in [0, 0.05) is 13.1 Å². The fraction of sp³-hybridized carbons (Fsp3) is 0.421. The standard InChI is InChI=1S/C19H23NO4/c1-13-10-20(11-14(2)24-13)19(21)12-23-18-7-5-15-4-6-17(22-3)8-16(15)9-18/h4-9,13-14H,10-12H2,1-3H3/t13-,14+. The zero-order valence-electron chi connectivity index (χ0n) is 14.3. The van der Waals surface area contributed by atoms with Crippen molar-refractivity contribution in [3.63, 3.8) is 0 Å². The predicted octanol–water partition coefficient (Wildman–Crippen LogP) is 2.86. The number of benzene rings is 2. The normalized spacial score (nSPS) is 20.9. The Balaban J connectivity index is 1.65. The molecule has 1 saturated heterocycles. The summed E-state index contributed by atoms with van der Waals surface area (Å²) in [6.45, 7) is 5.22. The second-order valence-corrected chi connectivity index (χ2v) is 6.22. The second kappa shape index (κ2) is 7.09. The van der Waals surface area contributed by atoms with Crippen molar-refractivity contribution in [2.45, 2.75) is 26.1 Å². The summed E-state index contributed by atoms with van der Waals surface area (Å²) in [5, 5.41) is 2.12. The van der Waals surface area contributed by atoms with Crippen molar-refractivity contribution in [3.05, 3.63) is 36.4 Å². The SMILES string of the molecule is COc1ccc2ccc(OCC(=O)N3C[C@@H](C)O[C@@H](C)C3)cc2c1. The van der Waals surface area contributed by atoms with Crippen molar-refractivity contribution < 1.29 is 19.0 Å². The first kappa shape index (κ1) is 16.6. The van der Waals surface area contributed by atoms with Gasteiger partial charge >= 0.3 is 0 Å². The van der Waals surface area contributed by atoms with Crippen LogP contribution in [0.15, 0.2) is 36.4 Å². The molecule has 1 fully saturated rings. The first-order valence-electron chi connectivity index (χ1n) is 8.19. The Hall–Kier alpha value is -2.27. The summed E-state index contributed by atoms with van der Waals surface area (Å²) in [6, 6.07) is 11.7. The highest BCUT2D eigenvalue weighted by atomic mass is 16.5. The number of methoxy groups -OCH3 is 1. The maximum absolute atomic E-state index is 12.4. The Kier molecular flexibility index (Phi) is 4.90. The molecule has 0 saturated carbocycles. The van der Waals surface area contributed by atoms with E-state index < -0.39 is 0 Å². The molecule has 1 heterocycles. The lowest BCUT2D eigenvalue weighted by Crippen LogP contribution is -2.49. The molecule has 0 unspecified atom stereocenters. The lowest BCUT2D eigenvalue weighted by molar-refractivity contribution is -0.145. The van der Waals surface area contributed by atoms with Gasteiger partial charge in [0.15, 0.2) is 6.61 Å². The number of hydrogen-bond donors (Lipinski definition) is 0. The molecule has 1 aliphatic rings. The number of ether oxygens (including phenoxy) is 3. The molecule has 3 rings (SSSR count). The minimum atomic E-state index is -0.0114. The monoisotopic (exact) mass is 329 g/mol. The van der Waals surface area contributed by atoms with Crippen molar-refractivity contribution in [2.75, 3.05) is 26.8 Å². The van der Waals surface area contributed by atoms with Gasteiger partial charge in [0.2, 0.25) is 0 Å². The van der Waals surface area contributed by atoms with Gasteiger partial charge in [-0.05, 0) is 48.9 Å². The van der Waals surface area contributed by atoms with Gasteiger partial charge < -0.3 is 19.1 Å². The summed E-state index contributed by atoms with van der Waals surface area (Å²) in [7, 11) is 1.64. The van der Waals surface area contributed by atoms with Gasteiger partial charge in [-0.15, -0.1) is 0 Å². The van der Waals surface area contributed by atoms with Crippen LogP contribution >= 0.6 is 0 Å². The summed E-state index contributed by atoms with van der Waals surface area (Å²) in [5.41, 5.74) is 0. The van der Waals surface area contributed by atoms with Gasteiger partial charge in [-0.25, -0.2) is 0 Å². The van der Waals surface area contributed by atoms with Gasteiger partial charge in [-0.3, -0.25) is 4.79 Å². The third-order valence-corrected chi connectivity index (χ3v) is 4.15. The average Bonchev–Trinajstić information content (AvgIpc) is 2.58. The number of fused-ring (bicyclic) bond motifs is 1. The lowest BCUT2D eigenvalue weighted by Gasteiger charge is -2.35. The van der Waals surface area contributed by atoms with Gasteiger partial charge in [0.1, 0.15) is 11.5 Å². The van der Waals surface area contributed by atoms with Crippen LogP contribution in [-0.4, -0.2) is 49.8 Å². The first-order chi connectivity index (χ1) is 11.5. The van der Waals surface area contributed by atoms with Crippen LogP contribution in [0.1, 0.15) is 13.8 Å². The van der Waals surface area contributed by atoms with Crippen LogP contribution in [0, 0.1) is 0 Å². The summed E-state index contributed by atoms with van der Waals surface area (Å²) >= 11 is 0. The quantitative estimate of drug-likeness (QED) is 0.865. The summed E-state index contributed by atoms with van der Waals surface area (Å²) < 4.78 is 16.6. The smallest absolute Gasteiger partial charge is 0.260 e. The topological polar surface area (TPSA) is 48.0 Å². The molecule has 0 aromatic heterocycles. The average molecular weight is 329 g/mol. The maximum Gasteiger partial charge on any atom is 0.260 e. The minimum absolute atomic E-state index is 0.0114. The van der Waals surface area contributed by atoms with E-state index in [1.54, 1.807) is 7.11 Å². The molecule has 0 bridgehead atoms. The Labute approximate surface area is 142 Å². The van der Waals surface area contributed by atoms with E-state index in [1.165, 1.54) is 0 Å². The fourth-order valence-corrected chi connectivity index (χ4v) is 3.04. The molecule has 2 aromatic rings. The van der Waals surface area contributed by atoms with Gasteiger partial charge in [0.25, 0.3) is 5.91 Å². The zero-order chi connectivity index (χ0) is 17.1. The Bertz CT molecular complexity index is 720. The molecule has 0 N–H and O–H groups in total. The highest BCUT2D eigenvalue weighted by molar-refractivity contribution is 5.85. The van der Waals surface area contributed by atoms with E-state index in [1.807, 2.05) is 55.1 Å². The van der Waals surface area contributed by atoms with E-state index >= 15 is 0 Å². The number of amides is 1. The first-order valence-corrected chi connectivity index (χ1v) is 8.19. The van der Waals surface area contributed by atoms with E-state index in [2.05, 4.69) is 0 Å². The highest BCUT2D eigenvalue weighted by Gasteiger charge is 2.25. The van der Waals surface area contributed by atoms with Crippen LogP contribution in [0.2, 0.25) is 0 Å². The molecule has 0 radical (unpaired) electrons. The molecular formula is C19H23NO4. The molecule has 5 heteroatoms. The van der Waals surface area contributed by atoms with Crippen LogP contribution in [0.3, 0.4) is 0 Å². The maximum atomic E-state index is 12.4. The Morgan fingerprint density at radius 2 is 1.71 bits per heavy atom.